The Morgan fingerprint density at radius 1 is 1.39 bits per heavy atom. The second kappa shape index (κ2) is 7.36. The zero-order chi connectivity index (χ0) is 13.5. The third kappa shape index (κ3) is 5.04. The van der Waals surface area contributed by atoms with Crippen molar-refractivity contribution in [2.45, 2.75) is 39.0 Å². The standard InChI is InChI=1S/C13H23NO4/c1-10(8-13(17)18)7-12(16)14-5-2-3-11(9-14)4-6-15/h10-11,15H,2-9H2,1H3,(H,17,18). The maximum atomic E-state index is 12.0. The molecule has 0 aromatic heterocycles. The number of rotatable bonds is 6. The average molecular weight is 257 g/mol. The van der Waals surface area contributed by atoms with Crippen molar-refractivity contribution < 1.29 is 19.8 Å². The van der Waals surface area contributed by atoms with Crippen LogP contribution in [0.5, 0.6) is 0 Å². The molecule has 1 heterocycles. The Hall–Kier alpha value is -1.10. The number of hydrogen-bond donors (Lipinski definition) is 2. The summed E-state index contributed by atoms with van der Waals surface area (Å²) in [5, 5.41) is 17.6. The van der Waals surface area contributed by atoms with Crippen LogP contribution in [0.3, 0.4) is 0 Å². The van der Waals surface area contributed by atoms with Gasteiger partial charge in [0.2, 0.25) is 5.91 Å². The maximum Gasteiger partial charge on any atom is 0.303 e. The quantitative estimate of drug-likeness (QED) is 0.747. The van der Waals surface area contributed by atoms with E-state index >= 15 is 0 Å². The van der Waals surface area contributed by atoms with Gasteiger partial charge in [-0.05, 0) is 31.1 Å². The third-order valence-corrected chi connectivity index (χ3v) is 3.46. The minimum absolute atomic E-state index is 0.0413. The van der Waals surface area contributed by atoms with Gasteiger partial charge < -0.3 is 15.1 Å². The van der Waals surface area contributed by atoms with Crippen LogP contribution >= 0.6 is 0 Å². The van der Waals surface area contributed by atoms with E-state index in [9.17, 15) is 9.59 Å². The minimum Gasteiger partial charge on any atom is -0.481 e. The van der Waals surface area contributed by atoms with Crippen LogP contribution in [0.15, 0.2) is 0 Å². The Morgan fingerprint density at radius 2 is 2.11 bits per heavy atom. The predicted octanol–water partition coefficient (Wildman–Crippen LogP) is 1.11. The summed E-state index contributed by atoms with van der Waals surface area (Å²) in [7, 11) is 0. The van der Waals surface area contributed by atoms with Gasteiger partial charge >= 0.3 is 5.97 Å². The van der Waals surface area contributed by atoms with Gasteiger partial charge in [-0.2, -0.15) is 0 Å². The van der Waals surface area contributed by atoms with Crippen molar-refractivity contribution in [3.8, 4) is 0 Å². The molecule has 0 spiro atoms. The normalized spacial score (nSPS) is 21.7. The van der Waals surface area contributed by atoms with E-state index in [1.54, 1.807) is 6.92 Å². The van der Waals surface area contributed by atoms with Gasteiger partial charge in [0.25, 0.3) is 0 Å². The van der Waals surface area contributed by atoms with Gasteiger partial charge in [-0.3, -0.25) is 9.59 Å². The van der Waals surface area contributed by atoms with E-state index in [0.29, 0.717) is 18.9 Å². The number of hydrogen-bond acceptors (Lipinski definition) is 3. The summed E-state index contributed by atoms with van der Waals surface area (Å²) in [5.41, 5.74) is 0. The second-order valence-electron chi connectivity index (χ2n) is 5.27. The van der Waals surface area contributed by atoms with Crippen LogP contribution in [0.1, 0.15) is 39.0 Å². The van der Waals surface area contributed by atoms with Crippen molar-refractivity contribution >= 4 is 11.9 Å². The summed E-state index contributed by atoms with van der Waals surface area (Å²) >= 11 is 0. The first-order valence-corrected chi connectivity index (χ1v) is 6.63. The van der Waals surface area contributed by atoms with Crippen molar-refractivity contribution in [2.75, 3.05) is 19.7 Å². The molecule has 0 radical (unpaired) electrons. The highest BCUT2D eigenvalue weighted by atomic mass is 16.4. The average Bonchev–Trinajstić information content (AvgIpc) is 2.28. The Morgan fingerprint density at radius 3 is 2.72 bits per heavy atom. The molecule has 2 unspecified atom stereocenters. The number of carboxylic acids is 1. The van der Waals surface area contributed by atoms with Gasteiger partial charge in [-0.25, -0.2) is 0 Å². The van der Waals surface area contributed by atoms with Crippen LogP contribution in [0.2, 0.25) is 0 Å². The van der Waals surface area contributed by atoms with Gasteiger partial charge in [0.15, 0.2) is 0 Å². The largest absolute Gasteiger partial charge is 0.481 e. The number of likely N-dealkylation sites (tertiary alicyclic amines) is 1. The molecule has 5 heteroatoms. The predicted molar refractivity (Wildman–Crippen MR) is 67.0 cm³/mol. The smallest absolute Gasteiger partial charge is 0.303 e. The summed E-state index contributed by atoms with van der Waals surface area (Å²) in [4.78, 5) is 24.4. The summed E-state index contributed by atoms with van der Waals surface area (Å²) in [6.45, 7) is 3.43. The first-order chi connectivity index (χ1) is 8.52. The summed E-state index contributed by atoms with van der Waals surface area (Å²) < 4.78 is 0. The van der Waals surface area contributed by atoms with Crippen LogP contribution in [-0.4, -0.2) is 46.7 Å². The Kier molecular flexibility index (Phi) is 6.12. The molecule has 0 aromatic rings. The molecule has 1 amide bonds. The van der Waals surface area contributed by atoms with E-state index in [4.69, 9.17) is 10.2 Å². The van der Waals surface area contributed by atoms with Gasteiger partial charge in [-0.15, -0.1) is 0 Å². The maximum absolute atomic E-state index is 12.0. The van der Waals surface area contributed by atoms with Gasteiger partial charge in [0, 0.05) is 32.5 Å². The molecule has 1 rings (SSSR count). The third-order valence-electron chi connectivity index (χ3n) is 3.46. The fraction of sp³-hybridized carbons (Fsp3) is 0.846. The molecule has 1 aliphatic heterocycles. The molecule has 0 aliphatic carbocycles. The zero-order valence-electron chi connectivity index (χ0n) is 11.0. The van der Waals surface area contributed by atoms with Gasteiger partial charge in [0.1, 0.15) is 0 Å². The molecule has 0 aromatic carbocycles. The number of aliphatic hydroxyl groups excluding tert-OH is 1. The van der Waals surface area contributed by atoms with Gasteiger partial charge in [-0.1, -0.05) is 6.92 Å². The molecule has 1 aliphatic rings. The lowest BCUT2D eigenvalue weighted by Crippen LogP contribution is -2.40. The lowest BCUT2D eigenvalue weighted by molar-refractivity contribution is -0.139. The van der Waals surface area contributed by atoms with E-state index in [1.165, 1.54) is 0 Å². The highest BCUT2D eigenvalue weighted by Gasteiger charge is 2.24. The summed E-state index contributed by atoms with van der Waals surface area (Å²) in [6.07, 6.45) is 3.13. The van der Waals surface area contributed by atoms with Crippen LogP contribution in [0, 0.1) is 11.8 Å². The molecule has 0 saturated carbocycles. The highest BCUT2D eigenvalue weighted by molar-refractivity contribution is 5.77. The number of carbonyl (C=O) groups excluding carboxylic acids is 1. The van der Waals surface area contributed by atoms with Crippen molar-refractivity contribution in [1.82, 2.24) is 4.90 Å². The summed E-state index contributed by atoms with van der Waals surface area (Å²) in [5.74, 6) is -0.533. The molecular formula is C13H23NO4. The van der Waals surface area contributed by atoms with Crippen molar-refractivity contribution in [1.29, 1.82) is 0 Å². The van der Waals surface area contributed by atoms with E-state index in [0.717, 1.165) is 25.8 Å². The van der Waals surface area contributed by atoms with Crippen molar-refractivity contribution in [3.63, 3.8) is 0 Å². The first kappa shape index (κ1) is 15.0. The molecule has 104 valence electrons. The number of nitrogens with zero attached hydrogens (tertiary/aromatic N) is 1. The van der Waals surface area contributed by atoms with Crippen LogP contribution in [0.4, 0.5) is 0 Å². The monoisotopic (exact) mass is 257 g/mol. The molecule has 2 N–H and O–H groups in total. The number of carbonyl (C=O) groups is 2. The fourth-order valence-electron chi connectivity index (χ4n) is 2.51. The van der Waals surface area contributed by atoms with E-state index in [1.807, 2.05) is 4.90 Å². The lowest BCUT2D eigenvalue weighted by atomic mass is 9.94. The van der Waals surface area contributed by atoms with E-state index in [-0.39, 0.29) is 24.9 Å². The van der Waals surface area contributed by atoms with Crippen molar-refractivity contribution in [2.24, 2.45) is 11.8 Å². The molecule has 18 heavy (non-hydrogen) atoms. The number of aliphatic carboxylic acids is 1. The molecule has 1 fully saturated rings. The SMILES string of the molecule is CC(CC(=O)O)CC(=O)N1CCCC(CCO)C1. The molecule has 1 saturated heterocycles. The number of piperidine rings is 1. The van der Waals surface area contributed by atoms with E-state index in [2.05, 4.69) is 0 Å². The molecule has 0 bridgehead atoms. The second-order valence-corrected chi connectivity index (χ2v) is 5.27. The zero-order valence-corrected chi connectivity index (χ0v) is 11.0. The van der Waals surface area contributed by atoms with Crippen molar-refractivity contribution in [3.05, 3.63) is 0 Å². The lowest BCUT2D eigenvalue weighted by Gasteiger charge is -2.33. The molecule has 5 nitrogen and oxygen atoms in total. The number of aliphatic hydroxyl groups is 1. The van der Waals surface area contributed by atoms with Crippen LogP contribution < -0.4 is 0 Å². The van der Waals surface area contributed by atoms with Gasteiger partial charge in [0.05, 0.1) is 0 Å². The fourth-order valence-corrected chi connectivity index (χ4v) is 2.51. The topological polar surface area (TPSA) is 77.8 Å². The number of carboxylic acid groups (broad SMARTS) is 1. The molecule has 2 atom stereocenters. The Labute approximate surface area is 108 Å². The molecular weight excluding hydrogens is 234 g/mol. The highest BCUT2D eigenvalue weighted by Crippen LogP contribution is 2.21. The first-order valence-electron chi connectivity index (χ1n) is 6.63. The Bertz CT molecular complexity index is 291. The van der Waals surface area contributed by atoms with Crippen LogP contribution in [0.25, 0.3) is 0 Å². The summed E-state index contributed by atoms with van der Waals surface area (Å²) in [6, 6.07) is 0. The van der Waals surface area contributed by atoms with Crippen LogP contribution in [-0.2, 0) is 9.59 Å². The Balaban J connectivity index is 2.38. The van der Waals surface area contributed by atoms with E-state index < -0.39 is 5.97 Å². The minimum atomic E-state index is -0.855. The number of amides is 1.